The molecule has 164 valence electrons. The first-order valence-corrected chi connectivity index (χ1v) is 11.2. The van der Waals surface area contributed by atoms with Gasteiger partial charge in [0.2, 0.25) is 0 Å². The molecule has 2 rings (SSSR count). The van der Waals surface area contributed by atoms with Crippen molar-refractivity contribution in [3.8, 4) is 0 Å². The Morgan fingerprint density at radius 1 is 1.00 bits per heavy atom. The third-order valence-electron chi connectivity index (χ3n) is 4.85. The summed E-state index contributed by atoms with van der Waals surface area (Å²) < 4.78 is 0. The van der Waals surface area contributed by atoms with Crippen LogP contribution in [-0.2, 0) is 13.1 Å². The van der Waals surface area contributed by atoms with E-state index in [0.29, 0.717) is 6.54 Å². The van der Waals surface area contributed by atoms with Crippen LogP contribution in [0.4, 0.5) is 0 Å². The maximum Gasteiger partial charge on any atom is 0.253 e. The average Bonchev–Trinajstić information content (AvgIpc) is 2.76. The summed E-state index contributed by atoms with van der Waals surface area (Å²) in [7, 11) is 3.82. The highest BCUT2D eigenvalue weighted by Crippen LogP contribution is 2.15. The number of benzene rings is 2. The molecule has 1 amide bonds. The summed E-state index contributed by atoms with van der Waals surface area (Å²) >= 11 is 1.75. The Hall–Kier alpha value is -1.74. The van der Waals surface area contributed by atoms with E-state index in [1.807, 2.05) is 50.1 Å². The fourth-order valence-corrected chi connectivity index (χ4v) is 3.51. The van der Waals surface area contributed by atoms with E-state index in [2.05, 4.69) is 45.7 Å². The predicted octanol–water partition coefficient (Wildman–Crippen LogP) is 4.72. The first kappa shape index (κ1) is 26.3. The quantitative estimate of drug-likeness (QED) is 0.228. The lowest BCUT2D eigenvalue weighted by molar-refractivity contribution is 0.0773. The minimum atomic E-state index is 0. The van der Waals surface area contributed by atoms with Crippen molar-refractivity contribution in [2.45, 2.75) is 31.8 Å². The summed E-state index contributed by atoms with van der Waals surface area (Å²) in [6.07, 6.45) is 2.08. The number of rotatable bonds is 8. The number of carbonyl (C=O) groups excluding carboxylic acids is 1. The minimum absolute atomic E-state index is 0. The average molecular weight is 541 g/mol. The van der Waals surface area contributed by atoms with Crippen LogP contribution in [0.1, 0.15) is 35.3 Å². The molecule has 0 saturated carbocycles. The molecule has 7 heteroatoms. The lowest BCUT2D eigenvalue weighted by Gasteiger charge is -2.22. The third-order valence-corrected chi connectivity index (χ3v) is 5.60. The van der Waals surface area contributed by atoms with Gasteiger partial charge in [-0.3, -0.25) is 9.79 Å². The normalized spacial score (nSPS) is 10.9. The van der Waals surface area contributed by atoms with Crippen molar-refractivity contribution in [3.63, 3.8) is 0 Å². The van der Waals surface area contributed by atoms with E-state index in [-0.39, 0.29) is 29.9 Å². The second-order valence-corrected chi connectivity index (χ2v) is 7.66. The zero-order chi connectivity index (χ0) is 21.2. The molecule has 0 unspecified atom stereocenters. The number of aliphatic imine (C=N–C) groups is 1. The fourth-order valence-electron chi connectivity index (χ4n) is 3.10. The summed E-state index contributed by atoms with van der Waals surface area (Å²) in [6.45, 7) is 6.88. The van der Waals surface area contributed by atoms with Crippen molar-refractivity contribution >= 4 is 47.6 Å². The lowest BCUT2D eigenvalue weighted by atomic mass is 10.1. The SMILES string of the molecule is CCN(CC)C(=O)c1ccc(CNC(=NC)N(C)Cc2ccc(SC)cc2)cc1.I. The Labute approximate surface area is 202 Å². The van der Waals surface area contributed by atoms with Crippen LogP contribution in [0.3, 0.4) is 0 Å². The van der Waals surface area contributed by atoms with Crippen molar-refractivity contribution < 1.29 is 4.79 Å². The van der Waals surface area contributed by atoms with Crippen LogP contribution in [0.5, 0.6) is 0 Å². The third kappa shape index (κ3) is 7.50. The number of hydrogen-bond donors (Lipinski definition) is 1. The first-order chi connectivity index (χ1) is 14.0. The lowest BCUT2D eigenvalue weighted by Crippen LogP contribution is -2.38. The molecule has 0 fully saturated rings. The number of hydrogen-bond acceptors (Lipinski definition) is 3. The number of thioether (sulfide) groups is 1. The standard InChI is InChI=1S/C23H32N4OS.HI/c1-6-27(7-2)22(28)20-12-8-18(9-13-20)16-25-23(24-3)26(4)17-19-10-14-21(29-5)15-11-19;/h8-15H,6-7,16-17H2,1-5H3,(H,24,25);1H. The van der Waals surface area contributed by atoms with Crippen LogP contribution in [0.2, 0.25) is 0 Å². The Bertz CT molecular complexity index is 805. The van der Waals surface area contributed by atoms with Gasteiger partial charge in [0.1, 0.15) is 0 Å². The Balaban J connectivity index is 0.00000450. The van der Waals surface area contributed by atoms with E-state index < -0.39 is 0 Å². The molecule has 0 saturated heterocycles. The van der Waals surface area contributed by atoms with Crippen LogP contribution in [0.25, 0.3) is 0 Å². The predicted molar refractivity (Wildman–Crippen MR) is 139 cm³/mol. The minimum Gasteiger partial charge on any atom is -0.352 e. The number of halogens is 1. The van der Waals surface area contributed by atoms with Crippen LogP contribution in [0.15, 0.2) is 58.4 Å². The van der Waals surface area contributed by atoms with Crippen LogP contribution in [-0.4, -0.2) is 55.1 Å². The van der Waals surface area contributed by atoms with Gasteiger partial charge in [-0.1, -0.05) is 24.3 Å². The topological polar surface area (TPSA) is 47.9 Å². The van der Waals surface area contributed by atoms with Gasteiger partial charge in [-0.05, 0) is 55.5 Å². The molecule has 0 radical (unpaired) electrons. The van der Waals surface area contributed by atoms with Crippen molar-refractivity contribution in [1.82, 2.24) is 15.1 Å². The summed E-state index contributed by atoms with van der Waals surface area (Å²) in [5.41, 5.74) is 3.08. The fraction of sp³-hybridized carbons (Fsp3) is 0.391. The molecule has 0 bridgehead atoms. The zero-order valence-electron chi connectivity index (χ0n) is 18.5. The molecule has 1 N–H and O–H groups in total. The molecule has 2 aromatic rings. The van der Waals surface area contributed by atoms with Gasteiger partial charge in [-0.15, -0.1) is 35.7 Å². The molecule has 30 heavy (non-hydrogen) atoms. The Morgan fingerprint density at radius 2 is 1.57 bits per heavy atom. The Morgan fingerprint density at radius 3 is 2.07 bits per heavy atom. The molecule has 2 aromatic carbocycles. The van der Waals surface area contributed by atoms with E-state index in [1.54, 1.807) is 18.8 Å². The summed E-state index contributed by atoms with van der Waals surface area (Å²) in [5, 5.41) is 3.40. The van der Waals surface area contributed by atoms with Gasteiger partial charge in [-0.25, -0.2) is 0 Å². The second kappa shape index (κ2) is 13.5. The molecule has 0 heterocycles. The van der Waals surface area contributed by atoms with E-state index in [9.17, 15) is 4.79 Å². The number of carbonyl (C=O) groups is 1. The number of nitrogens with one attached hydrogen (secondary N) is 1. The maximum atomic E-state index is 12.4. The van der Waals surface area contributed by atoms with Crippen LogP contribution in [0, 0.1) is 0 Å². The molecule has 0 aliphatic carbocycles. The van der Waals surface area contributed by atoms with Crippen molar-refractivity contribution in [2.75, 3.05) is 33.4 Å². The Kier molecular flexibility index (Phi) is 11.9. The molecule has 0 spiro atoms. The van der Waals surface area contributed by atoms with E-state index in [0.717, 1.165) is 36.7 Å². The van der Waals surface area contributed by atoms with Crippen molar-refractivity contribution in [2.24, 2.45) is 4.99 Å². The number of guanidine groups is 1. The van der Waals surface area contributed by atoms with Crippen LogP contribution < -0.4 is 5.32 Å². The smallest absolute Gasteiger partial charge is 0.253 e. The van der Waals surface area contributed by atoms with Gasteiger partial charge in [0.25, 0.3) is 5.91 Å². The molecule has 0 atom stereocenters. The number of amides is 1. The van der Waals surface area contributed by atoms with Crippen LogP contribution >= 0.6 is 35.7 Å². The van der Waals surface area contributed by atoms with E-state index in [4.69, 9.17) is 0 Å². The molecular weight excluding hydrogens is 507 g/mol. The molecule has 0 aliphatic heterocycles. The highest BCUT2D eigenvalue weighted by Gasteiger charge is 2.12. The van der Waals surface area contributed by atoms with Gasteiger partial charge in [-0.2, -0.15) is 0 Å². The van der Waals surface area contributed by atoms with E-state index in [1.165, 1.54) is 10.5 Å². The molecule has 0 aromatic heterocycles. The maximum absolute atomic E-state index is 12.4. The first-order valence-electron chi connectivity index (χ1n) is 9.95. The van der Waals surface area contributed by atoms with Gasteiger partial charge in [0.05, 0.1) is 0 Å². The monoisotopic (exact) mass is 540 g/mol. The second-order valence-electron chi connectivity index (χ2n) is 6.78. The van der Waals surface area contributed by atoms with Crippen molar-refractivity contribution in [1.29, 1.82) is 0 Å². The number of nitrogens with zero attached hydrogens (tertiary/aromatic N) is 3. The molecule has 0 aliphatic rings. The summed E-state index contributed by atoms with van der Waals surface area (Å²) in [5.74, 6) is 0.916. The van der Waals surface area contributed by atoms with Gasteiger partial charge < -0.3 is 15.1 Å². The zero-order valence-corrected chi connectivity index (χ0v) is 21.7. The van der Waals surface area contributed by atoms with E-state index >= 15 is 0 Å². The molecule has 5 nitrogen and oxygen atoms in total. The summed E-state index contributed by atoms with van der Waals surface area (Å²) in [6, 6.07) is 16.4. The van der Waals surface area contributed by atoms with Crippen molar-refractivity contribution in [3.05, 3.63) is 65.2 Å². The van der Waals surface area contributed by atoms with Gasteiger partial charge >= 0.3 is 0 Å². The highest BCUT2D eigenvalue weighted by molar-refractivity contribution is 14.0. The van der Waals surface area contributed by atoms with Gasteiger partial charge in [0.15, 0.2) is 5.96 Å². The van der Waals surface area contributed by atoms with Gasteiger partial charge in [0, 0.05) is 50.7 Å². The molecular formula is C23H33IN4OS. The largest absolute Gasteiger partial charge is 0.352 e. The highest BCUT2D eigenvalue weighted by atomic mass is 127. The summed E-state index contributed by atoms with van der Waals surface area (Å²) in [4.78, 5) is 22.0.